The second kappa shape index (κ2) is 5.25. The van der Waals surface area contributed by atoms with Crippen molar-refractivity contribution in [1.82, 2.24) is 14.9 Å². The minimum atomic E-state index is 0.259. The van der Waals surface area contributed by atoms with Crippen LogP contribution in [0.5, 0.6) is 0 Å². The smallest absolute Gasteiger partial charge is 0.222 e. The van der Waals surface area contributed by atoms with Crippen LogP contribution in [0.3, 0.4) is 0 Å². The molecule has 5 heteroatoms. The number of nitrogens with zero attached hydrogens (tertiary/aromatic N) is 2. The summed E-state index contributed by atoms with van der Waals surface area (Å²) in [6, 6.07) is 4.15. The first-order valence-electron chi connectivity index (χ1n) is 6.57. The van der Waals surface area contributed by atoms with Gasteiger partial charge in [0, 0.05) is 37.3 Å². The first-order chi connectivity index (χ1) is 9.26. The van der Waals surface area contributed by atoms with Gasteiger partial charge < -0.3 is 9.88 Å². The molecule has 0 saturated carbocycles. The van der Waals surface area contributed by atoms with Crippen molar-refractivity contribution < 1.29 is 4.79 Å². The van der Waals surface area contributed by atoms with E-state index in [1.54, 1.807) is 0 Å². The van der Waals surface area contributed by atoms with E-state index in [1.807, 2.05) is 23.4 Å². The molecule has 0 radical (unpaired) electrons. The molecule has 2 aromatic rings. The molecule has 0 aromatic carbocycles. The molecule has 1 saturated heterocycles. The fourth-order valence-corrected chi connectivity index (χ4v) is 2.82. The fourth-order valence-electron chi connectivity index (χ4n) is 2.58. The van der Waals surface area contributed by atoms with E-state index in [2.05, 4.69) is 28.7 Å². The quantitative estimate of drug-likeness (QED) is 0.837. The average molecular weight is 275 g/mol. The SMILES string of the molecule is O=C1CC(CS)CN1CCc1cnc2[nH]ccc2c1. The summed E-state index contributed by atoms with van der Waals surface area (Å²) in [4.78, 5) is 21.2. The molecular weight excluding hydrogens is 258 g/mol. The molecule has 2 aromatic heterocycles. The highest BCUT2D eigenvalue weighted by molar-refractivity contribution is 7.80. The van der Waals surface area contributed by atoms with Gasteiger partial charge in [0.15, 0.2) is 0 Å². The Bertz CT molecular complexity index is 595. The molecule has 1 amide bonds. The number of aromatic amines is 1. The van der Waals surface area contributed by atoms with E-state index >= 15 is 0 Å². The molecular formula is C14H17N3OS. The number of nitrogens with one attached hydrogen (secondary N) is 1. The van der Waals surface area contributed by atoms with Gasteiger partial charge in [-0.3, -0.25) is 4.79 Å². The summed E-state index contributed by atoms with van der Waals surface area (Å²) in [6.45, 7) is 1.63. The minimum absolute atomic E-state index is 0.259. The van der Waals surface area contributed by atoms with Gasteiger partial charge in [-0.1, -0.05) is 0 Å². The Kier molecular flexibility index (Phi) is 3.46. The van der Waals surface area contributed by atoms with E-state index in [0.29, 0.717) is 12.3 Å². The van der Waals surface area contributed by atoms with Crippen LogP contribution in [0, 0.1) is 5.92 Å². The predicted molar refractivity (Wildman–Crippen MR) is 78.3 cm³/mol. The van der Waals surface area contributed by atoms with Crippen LogP contribution < -0.4 is 0 Å². The Hall–Kier alpha value is -1.49. The standard InChI is InChI=1S/C14H17N3OS/c18-13-6-11(9-19)8-17(13)4-2-10-5-12-1-3-15-14(12)16-7-10/h1,3,5,7,11,19H,2,4,6,8-9H2,(H,15,16). The van der Waals surface area contributed by atoms with Crippen LogP contribution >= 0.6 is 12.6 Å². The first kappa shape index (κ1) is 12.5. The maximum absolute atomic E-state index is 11.8. The molecule has 3 heterocycles. The lowest BCUT2D eigenvalue weighted by Gasteiger charge is -2.16. The van der Waals surface area contributed by atoms with Crippen molar-refractivity contribution in [3.63, 3.8) is 0 Å². The van der Waals surface area contributed by atoms with Gasteiger partial charge in [-0.25, -0.2) is 4.98 Å². The third-order valence-corrected chi connectivity index (χ3v) is 4.20. The Morgan fingerprint density at radius 1 is 1.53 bits per heavy atom. The normalized spacial score (nSPS) is 19.5. The van der Waals surface area contributed by atoms with E-state index in [1.165, 1.54) is 5.56 Å². The van der Waals surface area contributed by atoms with Crippen molar-refractivity contribution in [3.05, 3.63) is 30.1 Å². The topological polar surface area (TPSA) is 49.0 Å². The molecule has 1 aliphatic heterocycles. The summed E-state index contributed by atoms with van der Waals surface area (Å²) in [7, 11) is 0. The summed E-state index contributed by atoms with van der Waals surface area (Å²) in [6.07, 6.45) is 5.29. The lowest BCUT2D eigenvalue weighted by molar-refractivity contribution is -0.127. The van der Waals surface area contributed by atoms with Gasteiger partial charge in [0.05, 0.1) is 0 Å². The molecule has 0 bridgehead atoms. The van der Waals surface area contributed by atoms with Crippen LogP contribution in [0.25, 0.3) is 11.0 Å². The van der Waals surface area contributed by atoms with E-state index in [0.717, 1.165) is 36.3 Å². The largest absolute Gasteiger partial charge is 0.346 e. The molecule has 0 aliphatic carbocycles. The van der Waals surface area contributed by atoms with Gasteiger partial charge in [-0.05, 0) is 35.8 Å². The highest BCUT2D eigenvalue weighted by Gasteiger charge is 2.27. The number of rotatable bonds is 4. The molecule has 1 N–H and O–H groups in total. The Balaban J connectivity index is 1.64. The zero-order chi connectivity index (χ0) is 13.2. The highest BCUT2D eigenvalue weighted by atomic mass is 32.1. The lowest BCUT2D eigenvalue weighted by atomic mass is 10.1. The van der Waals surface area contributed by atoms with Crippen molar-refractivity contribution in [3.8, 4) is 0 Å². The number of aromatic nitrogens is 2. The average Bonchev–Trinajstić information content (AvgIpc) is 3.02. The second-order valence-corrected chi connectivity index (χ2v) is 5.47. The molecule has 19 heavy (non-hydrogen) atoms. The van der Waals surface area contributed by atoms with Crippen LogP contribution in [0.4, 0.5) is 0 Å². The maximum Gasteiger partial charge on any atom is 0.222 e. The predicted octanol–water partition coefficient (Wildman–Crippen LogP) is 1.88. The van der Waals surface area contributed by atoms with Crippen LogP contribution in [-0.2, 0) is 11.2 Å². The maximum atomic E-state index is 11.8. The van der Waals surface area contributed by atoms with Gasteiger partial charge in [0.25, 0.3) is 0 Å². The second-order valence-electron chi connectivity index (χ2n) is 5.10. The number of hydrogen-bond donors (Lipinski definition) is 2. The number of pyridine rings is 1. The number of thiol groups is 1. The summed E-state index contributed by atoms with van der Waals surface area (Å²) in [5.74, 6) is 1.47. The molecule has 3 rings (SSSR count). The van der Waals surface area contributed by atoms with Crippen molar-refractivity contribution >= 4 is 29.6 Å². The third kappa shape index (κ3) is 2.61. The third-order valence-electron chi connectivity index (χ3n) is 3.68. The first-order valence-corrected chi connectivity index (χ1v) is 7.20. The number of amides is 1. The number of likely N-dealkylation sites (tertiary alicyclic amines) is 1. The number of carbonyl (C=O) groups excluding carboxylic acids is 1. The monoisotopic (exact) mass is 275 g/mol. The molecule has 4 nitrogen and oxygen atoms in total. The molecule has 1 fully saturated rings. The summed E-state index contributed by atoms with van der Waals surface area (Å²) in [5, 5.41) is 1.12. The van der Waals surface area contributed by atoms with Gasteiger partial charge in [-0.2, -0.15) is 12.6 Å². The van der Waals surface area contributed by atoms with Gasteiger partial charge in [0.1, 0.15) is 5.65 Å². The Morgan fingerprint density at radius 2 is 2.42 bits per heavy atom. The summed E-state index contributed by atoms with van der Waals surface area (Å²) in [5.41, 5.74) is 2.09. The minimum Gasteiger partial charge on any atom is -0.346 e. The summed E-state index contributed by atoms with van der Waals surface area (Å²) < 4.78 is 0. The number of fused-ring (bicyclic) bond motifs is 1. The van der Waals surface area contributed by atoms with E-state index < -0.39 is 0 Å². The molecule has 1 unspecified atom stereocenters. The number of hydrogen-bond acceptors (Lipinski definition) is 3. The highest BCUT2D eigenvalue weighted by Crippen LogP contribution is 2.19. The molecule has 0 spiro atoms. The van der Waals surface area contributed by atoms with E-state index in [-0.39, 0.29) is 5.91 Å². The zero-order valence-corrected chi connectivity index (χ0v) is 11.6. The van der Waals surface area contributed by atoms with Crippen molar-refractivity contribution in [2.24, 2.45) is 5.92 Å². The Morgan fingerprint density at radius 3 is 3.21 bits per heavy atom. The molecule has 1 atom stereocenters. The van der Waals surface area contributed by atoms with Gasteiger partial charge in [-0.15, -0.1) is 0 Å². The number of carbonyl (C=O) groups is 1. The van der Waals surface area contributed by atoms with Crippen LogP contribution in [0.1, 0.15) is 12.0 Å². The summed E-state index contributed by atoms with van der Waals surface area (Å²) >= 11 is 4.28. The van der Waals surface area contributed by atoms with Crippen molar-refractivity contribution in [1.29, 1.82) is 0 Å². The van der Waals surface area contributed by atoms with Crippen molar-refractivity contribution in [2.75, 3.05) is 18.8 Å². The van der Waals surface area contributed by atoms with E-state index in [9.17, 15) is 4.79 Å². The van der Waals surface area contributed by atoms with Crippen LogP contribution in [0.15, 0.2) is 24.5 Å². The van der Waals surface area contributed by atoms with Gasteiger partial charge in [0.2, 0.25) is 5.91 Å². The fraction of sp³-hybridized carbons (Fsp3) is 0.429. The van der Waals surface area contributed by atoms with E-state index in [4.69, 9.17) is 0 Å². The Labute approximate surface area is 117 Å². The van der Waals surface area contributed by atoms with Crippen LogP contribution in [-0.4, -0.2) is 39.6 Å². The van der Waals surface area contributed by atoms with Crippen molar-refractivity contribution in [2.45, 2.75) is 12.8 Å². The van der Waals surface area contributed by atoms with Gasteiger partial charge >= 0.3 is 0 Å². The van der Waals surface area contributed by atoms with Crippen LogP contribution in [0.2, 0.25) is 0 Å². The zero-order valence-electron chi connectivity index (χ0n) is 10.7. The number of H-pyrrole nitrogens is 1. The molecule has 1 aliphatic rings. The lowest BCUT2D eigenvalue weighted by Crippen LogP contribution is -2.27. The molecule has 100 valence electrons.